The van der Waals surface area contributed by atoms with Gasteiger partial charge < -0.3 is 14.7 Å². The van der Waals surface area contributed by atoms with Gasteiger partial charge in [-0.25, -0.2) is 0 Å². The molecule has 0 atom stereocenters. The van der Waals surface area contributed by atoms with E-state index in [0.29, 0.717) is 32.6 Å². The molecule has 0 bridgehead atoms. The average Bonchev–Trinajstić information content (AvgIpc) is 2.61. The largest absolute Gasteiger partial charge is 0.453 e. The fourth-order valence-electron chi connectivity index (χ4n) is 2.22. The summed E-state index contributed by atoms with van der Waals surface area (Å²) in [5.74, 6) is 1.40. The van der Waals surface area contributed by atoms with E-state index < -0.39 is 5.56 Å². The number of rotatable bonds is 4. The number of hydrogen-bond donors (Lipinski definition) is 1. The summed E-state index contributed by atoms with van der Waals surface area (Å²) in [5, 5.41) is 10.6. The number of nitrogens with zero attached hydrogens (tertiary/aromatic N) is 1. The van der Waals surface area contributed by atoms with Crippen LogP contribution in [0.5, 0.6) is 23.1 Å². The number of para-hydroxylation sites is 2. The second-order valence-electron chi connectivity index (χ2n) is 5.51. The topological polar surface area (TPSA) is 60.7 Å². The van der Waals surface area contributed by atoms with E-state index in [-0.39, 0.29) is 5.88 Å². The van der Waals surface area contributed by atoms with Crippen LogP contribution in [-0.4, -0.2) is 9.94 Å². The average molecular weight is 358 g/mol. The number of hydrogen-bond acceptors (Lipinski definition) is 4. The third kappa shape index (κ3) is 3.61. The molecule has 1 N–H and O–H groups in total. The third-order valence-electron chi connectivity index (χ3n) is 3.76. The lowest BCUT2D eigenvalue weighted by atomic mass is 10.2. The molecular weight excluding hydrogens is 342 g/mol. The Hall–Kier alpha value is -2.92. The number of halogens is 1. The SMILES string of the molecule is Cc1cc(Oc2ccccc2Oc2ccc(Cl)cc2)n(O)c(=O)c1C. The predicted molar refractivity (Wildman–Crippen MR) is 95.4 cm³/mol. The van der Waals surface area contributed by atoms with Gasteiger partial charge in [-0.1, -0.05) is 23.7 Å². The molecule has 1 heterocycles. The van der Waals surface area contributed by atoms with E-state index >= 15 is 0 Å². The fourth-order valence-corrected chi connectivity index (χ4v) is 2.34. The Labute approximate surface area is 149 Å². The molecule has 0 fully saturated rings. The monoisotopic (exact) mass is 357 g/mol. The van der Waals surface area contributed by atoms with E-state index in [2.05, 4.69) is 0 Å². The molecule has 0 aliphatic rings. The van der Waals surface area contributed by atoms with Gasteiger partial charge in [-0.3, -0.25) is 4.79 Å². The van der Waals surface area contributed by atoms with Gasteiger partial charge in [0.1, 0.15) is 5.75 Å². The molecule has 0 radical (unpaired) electrons. The molecule has 0 saturated carbocycles. The maximum atomic E-state index is 12.0. The summed E-state index contributed by atoms with van der Waals surface area (Å²) in [5.41, 5.74) is 0.660. The molecule has 0 amide bonds. The number of benzene rings is 2. The normalized spacial score (nSPS) is 10.5. The van der Waals surface area contributed by atoms with Crippen LogP contribution in [0.15, 0.2) is 59.4 Å². The molecule has 1 aromatic heterocycles. The van der Waals surface area contributed by atoms with Crippen molar-refractivity contribution in [2.24, 2.45) is 0 Å². The van der Waals surface area contributed by atoms with Gasteiger partial charge in [0.05, 0.1) is 0 Å². The zero-order valence-electron chi connectivity index (χ0n) is 13.7. The second kappa shape index (κ2) is 6.91. The number of ether oxygens (including phenoxy) is 2. The molecule has 6 heteroatoms. The maximum Gasteiger partial charge on any atom is 0.289 e. The first-order valence-electron chi connectivity index (χ1n) is 7.58. The van der Waals surface area contributed by atoms with Crippen LogP contribution in [0, 0.1) is 13.8 Å². The molecule has 0 aliphatic carbocycles. The van der Waals surface area contributed by atoms with Crippen molar-refractivity contribution in [2.75, 3.05) is 0 Å². The minimum Gasteiger partial charge on any atom is -0.453 e. The summed E-state index contributed by atoms with van der Waals surface area (Å²) in [6.45, 7) is 3.42. The highest BCUT2D eigenvalue weighted by molar-refractivity contribution is 6.30. The molecule has 5 nitrogen and oxygen atoms in total. The highest BCUT2D eigenvalue weighted by Crippen LogP contribution is 2.34. The van der Waals surface area contributed by atoms with Crippen LogP contribution < -0.4 is 15.0 Å². The fraction of sp³-hybridized carbons (Fsp3) is 0.105. The molecule has 0 saturated heterocycles. The van der Waals surface area contributed by atoms with E-state index in [9.17, 15) is 10.0 Å². The number of aromatic nitrogens is 1. The summed E-state index contributed by atoms with van der Waals surface area (Å²) in [6.07, 6.45) is 0. The van der Waals surface area contributed by atoms with Crippen molar-refractivity contribution in [3.05, 3.63) is 81.1 Å². The molecule has 0 unspecified atom stereocenters. The minimum absolute atomic E-state index is 0.0141. The van der Waals surface area contributed by atoms with Crippen LogP contribution >= 0.6 is 11.6 Å². The van der Waals surface area contributed by atoms with E-state index in [1.54, 1.807) is 68.4 Å². The molecule has 128 valence electrons. The van der Waals surface area contributed by atoms with Crippen molar-refractivity contribution in [3.8, 4) is 23.1 Å². The van der Waals surface area contributed by atoms with Crippen molar-refractivity contribution in [2.45, 2.75) is 13.8 Å². The van der Waals surface area contributed by atoms with Gasteiger partial charge >= 0.3 is 0 Å². The van der Waals surface area contributed by atoms with Crippen LogP contribution in [0.2, 0.25) is 5.02 Å². The Morgan fingerprint density at radius 2 is 1.56 bits per heavy atom. The standard InChI is InChI=1S/C19H16ClNO4/c1-12-11-18(21(23)19(22)13(12)2)25-17-6-4-3-5-16(17)24-15-9-7-14(20)8-10-15/h3-11,23H,1-2H3. The Kier molecular flexibility index (Phi) is 4.67. The van der Waals surface area contributed by atoms with Gasteiger partial charge in [-0.15, -0.1) is 4.73 Å². The van der Waals surface area contributed by atoms with Crippen LogP contribution in [0.4, 0.5) is 0 Å². The number of aryl methyl sites for hydroxylation is 1. The van der Waals surface area contributed by atoms with E-state index in [0.717, 1.165) is 5.56 Å². The van der Waals surface area contributed by atoms with Gasteiger partial charge in [0, 0.05) is 16.7 Å². The first-order chi connectivity index (χ1) is 12.0. The van der Waals surface area contributed by atoms with E-state index in [4.69, 9.17) is 21.1 Å². The van der Waals surface area contributed by atoms with Gasteiger partial charge in [-0.05, 0) is 55.8 Å². The highest BCUT2D eigenvalue weighted by Gasteiger charge is 2.13. The Balaban J connectivity index is 1.94. The van der Waals surface area contributed by atoms with E-state index in [1.807, 2.05) is 0 Å². The Morgan fingerprint density at radius 1 is 0.960 bits per heavy atom. The summed E-state index contributed by atoms with van der Waals surface area (Å²) in [6, 6.07) is 15.5. The molecule has 3 rings (SSSR count). The van der Waals surface area contributed by atoms with Crippen LogP contribution in [0.1, 0.15) is 11.1 Å². The molecule has 0 spiro atoms. The summed E-state index contributed by atoms with van der Waals surface area (Å²) < 4.78 is 12.0. The Bertz CT molecular complexity index is 964. The summed E-state index contributed by atoms with van der Waals surface area (Å²) >= 11 is 5.87. The quantitative estimate of drug-likeness (QED) is 0.672. The molecule has 2 aromatic carbocycles. The maximum absolute atomic E-state index is 12.0. The first kappa shape index (κ1) is 16.9. The van der Waals surface area contributed by atoms with Crippen molar-refractivity contribution in [1.82, 2.24) is 4.73 Å². The van der Waals surface area contributed by atoms with Crippen LogP contribution in [-0.2, 0) is 0 Å². The smallest absolute Gasteiger partial charge is 0.289 e. The zero-order chi connectivity index (χ0) is 18.0. The van der Waals surface area contributed by atoms with E-state index in [1.165, 1.54) is 0 Å². The summed E-state index contributed by atoms with van der Waals surface area (Å²) in [7, 11) is 0. The Morgan fingerprint density at radius 3 is 2.20 bits per heavy atom. The predicted octanol–water partition coefficient (Wildman–Crippen LogP) is 4.94. The summed E-state index contributed by atoms with van der Waals surface area (Å²) in [4.78, 5) is 12.0. The molecule has 0 aliphatic heterocycles. The van der Waals surface area contributed by atoms with Gasteiger partial charge in [0.25, 0.3) is 5.56 Å². The lowest BCUT2D eigenvalue weighted by Crippen LogP contribution is -2.22. The van der Waals surface area contributed by atoms with Crippen LogP contribution in [0.3, 0.4) is 0 Å². The van der Waals surface area contributed by atoms with Crippen molar-refractivity contribution < 1.29 is 14.7 Å². The number of pyridine rings is 1. The van der Waals surface area contributed by atoms with Crippen molar-refractivity contribution in [1.29, 1.82) is 0 Å². The molecular formula is C19H16ClNO4. The lowest BCUT2D eigenvalue weighted by Gasteiger charge is -2.14. The van der Waals surface area contributed by atoms with Gasteiger partial charge in [0.15, 0.2) is 11.5 Å². The first-order valence-corrected chi connectivity index (χ1v) is 7.96. The van der Waals surface area contributed by atoms with Gasteiger partial charge in [0.2, 0.25) is 5.88 Å². The zero-order valence-corrected chi connectivity index (χ0v) is 14.4. The highest BCUT2D eigenvalue weighted by atomic mass is 35.5. The minimum atomic E-state index is -0.522. The second-order valence-corrected chi connectivity index (χ2v) is 5.95. The van der Waals surface area contributed by atoms with Crippen molar-refractivity contribution in [3.63, 3.8) is 0 Å². The lowest BCUT2D eigenvalue weighted by molar-refractivity contribution is 0.146. The van der Waals surface area contributed by atoms with Gasteiger partial charge in [-0.2, -0.15) is 0 Å². The molecule has 3 aromatic rings. The van der Waals surface area contributed by atoms with Crippen molar-refractivity contribution >= 4 is 11.6 Å². The van der Waals surface area contributed by atoms with Crippen LogP contribution in [0.25, 0.3) is 0 Å². The third-order valence-corrected chi connectivity index (χ3v) is 4.01. The molecule has 25 heavy (non-hydrogen) atoms.